The van der Waals surface area contributed by atoms with Gasteiger partial charge in [0.05, 0.1) is 25.7 Å². The number of ether oxygens (including phenoxy) is 1. The minimum absolute atomic E-state index is 0.0298. The van der Waals surface area contributed by atoms with Gasteiger partial charge in [-0.1, -0.05) is 70.7 Å². The summed E-state index contributed by atoms with van der Waals surface area (Å²) >= 11 is 26.5. The molecule has 0 saturated carbocycles. The zero-order chi connectivity index (χ0) is 26.1. The second-order valence-electron chi connectivity index (χ2n) is 9.19. The van der Waals surface area contributed by atoms with Crippen LogP contribution < -0.4 is 4.90 Å². The topological polar surface area (TPSA) is 34.5 Å². The van der Waals surface area contributed by atoms with Crippen LogP contribution in [0.3, 0.4) is 0 Å². The summed E-state index contributed by atoms with van der Waals surface area (Å²) in [6.07, 6.45) is 0. The van der Waals surface area contributed by atoms with Crippen LogP contribution in [0.15, 0.2) is 42.5 Å². The van der Waals surface area contributed by atoms with E-state index in [2.05, 4.69) is 23.6 Å². The Labute approximate surface area is 230 Å². The SMILES string of the molecule is CCn1c(C)c(C2(c3ccc(N(C)C)cc3C)OC(=O)c3c(Cl)c(Cl)c(Cl)c(Cl)c32)c2ccccc21. The summed E-state index contributed by atoms with van der Waals surface area (Å²) in [4.78, 5) is 15.6. The van der Waals surface area contributed by atoms with E-state index in [1.165, 1.54) is 0 Å². The number of carbonyl (C=O) groups excluding carboxylic acids is 1. The number of anilines is 1. The number of halogens is 4. The summed E-state index contributed by atoms with van der Waals surface area (Å²) in [6, 6.07) is 14.1. The highest BCUT2D eigenvalue weighted by Crippen LogP contribution is 2.57. The van der Waals surface area contributed by atoms with Crippen molar-refractivity contribution in [1.82, 2.24) is 4.57 Å². The Morgan fingerprint density at radius 3 is 2.22 bits per heavy atom. The molecule has 0 saturated heterocycles. The minimum Gasteiger partial charge on any atom is -0.440 e. The molecule has 2 heterocycles. The van der Waals surface area contributed by atoms with Crippen LogP contribution in [0.5, 0.6) is 0 Å². The molecule has 8 heteroatoms. The van der Waals surface area contributed by atoms with Crippen LogP contribution in [0, 0.1) is 13.8 Å². The first-order valence-electron chi connectivity index (χ1n) is 11.5. The van der Waals surface area contributed by atoms with Gasteiger partial charge in [-0.15, -0.1) is 0 Å². The predicted octanol–water partition coefficient (Wildman–Crippen LogP) is 8.42. The molecule has 0 fully saturated rings. The lowest BCUT2D eigenvalue weighted by Gasteiger charge is -2.33. The van der Waals surface area contributed by atoms with Gasteiger partial charge in [-0.05, 0) is 44.5 Å². The first kappa shape index (κ1) is 25.3. The Morgan fingerprint density at radius 2 is 1.58 bits per heavy atom. The van der Waals surface area contributed by atoms with Crippen LogP contribution in [0.1, 0.15) is 45.2 Å². The summed E-state index contributed by atoms with van der Waals surface area (Å²) in [6.45, 7) is 6.85. The first-order chi connectivity index (χ1) is 17.1. The molecule has 0 aliphatic carbocycles. The smallest absolute Gasteiger partial charge is 0.341 e. The van der Waals surface area contributed by atoms with Gasteiger partial charge in [-0.25, -0.2) is 4.79 Å². The van der Waals surface area contributed by atoms with Crippen molar-refractivity contribution in [2.24, 2.45) is 0 Å². The van der Waals surface area contributed by atoms with Crippen LogP contribution in [-0.2, 0) is 16.9 Å². The fourth-order valence-electron chi connectivity index (χ4n) is 5.50. The van der Waals surface area contributed by atoms with Gasteiger partial charge in [0, 0.05) is 59.6 Å². The second-order valence-corrected chi connectivity index (χ2v) is 10.7. The Balaban J connectivity index is 2.02. The molecule has 1 aliphatic heterocycles. The molecule has 0 N–H and O–H groups in total. The lowest BCUT2D eigenvalue weighted by Crippen LogP contribution is -2.32. The average Bonchev–Trinajstić information content (AvgIpc) is 3.31. The zero-order valence-electron chi connectivity index (χ0n) is 20.5. The third-order valence-corrected chi connectivity index (χ3v) is 8.88. The van der Waals surface area contributed by atoms with E-state index in [-0.39, 0.29) is 25.7 Å². The van der Waals surface area contributed by atoms with E-state index in [4.69, 9.17) is 51.1 Å². The fraction of sp³-hybridized carbons (Fsp3) is 0.250. The highest BCUT2D eigenvalue weighted by molar-refractivity contribution is 6.53. The van der Waals surface area contributed by atoms with E-state index < -0.39 is 11.6 Å². The van der Waals surface area contributed by atoms with Crippen molar-refractivity contribution in [1.29, 1.82) is 0 Å². The highest BCUT2D eigenvalue weighted by atomic mass is 35.5. The maximum Gasteiger partial charge on any atom is 0.341 e. The van der Waals surface area contributed by atoms with Gasteiger partial charge in [0.25, 0.3) is 0 Å². The molecule has 1 aromatic heterocycles. The van der Waals surface area contributed by atoms with E-state index in [1.54, 1.807) is 0 Å². The summed E-state index contributed by atoms with van der Waals surface area (Å²) in [7, 11) is 3.96. The Hall–Kier alpha value is -2.37. The van der Waals surface area contributed by atoms with Gasteiger partial charge in [0.1, 0.15) is 0 Å². The normalized spacial score (nSPS) is 17.0. The van der Waals surface area contributed by atoms with E-state index >= 15 is 0 Å². The number of para-hydroxylation sites is 1. The van der Waals surface area contributed by atoms with Gasteiger partial charge >= 0.3 is 5.97 Å². The van der Waals surface area contributed by atoms with Crippen molar-refractivity contribution in [3.05, 3.63) is 96.1 Å². The molecular weight excluding hydrogens is 538 g/mol. The van der Waals surface area contributed by atoms with Gasteiger partial charge < -0.3 is 14.2 Å². The zero-order valence-corrected chi connectivity index (χ0v) is 23.5. The molecule has 1 aliphatic rings. The molecule has 0 bridgehead atoms. The summed E-state index contributed by atoms with van der Waals surface area (Å²) in [5.74, 6) is -0.598. The number of cyclic esters (lactones) is 1. The molecule has 3 aromatic carbocycles. The molecule has 5 rings (SSSR count). The Kier molecular flexibility index (Phi) is 6.24. The van der Waals surface area contributed by atoms with Crippen LogP contribution in [0.25, 0.3) is 10.9 Å². The molecule has 4 aromatic rings. The number of aromatic nitrogens is 1. The average molecular weight is 562 g/mol. The summed E-state index contributed by atoms with van der Waals surface area (Å²) in [5, 5.41) is 1.25. The highest BCUT2D eigenvalue weighted by Gasteiger charge is 2.55. The molecular formula is C28H24Cl4N2O2. The number of fused-ring (bicyclic) bond motifs is 2. The molecule has 186 valence electrons. The van der Waals surface area contributed by atoms with Gasteiger partial charge in [0.15, 0.2) is 5.60 Å². The van der Waals surface area contributed by atoms with Crippen molar-refractivity contribution >= 4 is 69.0 Å². The van der Waals surface area contributed by atoms with Crippen LogP contribution in [0.4, 0.5) is 5.69 Å². The van der Waals surface area contributed by atoms with Crippen LogP contribution in [0.2, 0.25) is 20.1 Å². The molecule has 1 unspecified atom stereocenters. The van der Waals surface area contributed by atoms with Crippen molar-refractivity contribution in [3.8, 4) is 0 Å². The quantitative estimate of drug-likeness (QED) is 0.142. The lowest BCUT2D eigenvalue weighted by molar-refractivity contribution is 0.0252. The number of hydrogen-bond acceptors (Lipinski definition) is 3. The van der Waals surface area contributed by atoms with Crippen LogP contribution >= 0.6 is 46.4 Å². The molecule has 0 spiro atoms. The van der Waals surface area contributed by atoms with Gasteiger partial charge in [0.2, 0.25) is 0 Å². The van der Waals surface area contributed by atoms with Crippen molar-refractivity contribution in [2.45, 2.75) is 32.9 Å². The maximum atomic E-state index is 13.6. The summed E-state index contributed by atoms with van der Waals surface area (Å²) < 4.78 is 8.64. The summed E-state index contributed by atoms with van der Waals surface area (Å²) in [5.41, 5.74) is 4.68. The number of hydrogen-bond donors (Lipinski definition) is 0. The number of benzene rings is 3. The number of esters is 1. The monoisotopic (exact) mass is 560 g/mol. The number of rotatable bonds is 4. The molecule has 4 nitrogen and oxygen atoms in total. The van der Waals surface area contributed by atoms with Gasteiger partial charge in [-0.3, -0.25) is 0 Å². The second kappa shape index (κ2) is 8.88. The third kappa shape index (κ3) is 3.31. The number of aryl methyl sites for hydroxylation is 2. The van der Waals surface area contributed by atoms with Crippen molar-refractivity contribution in [2.75, 3.05) is 19.0 Å². The molecule has 0 amide bonds. The van der Waals surface area contributed by atoms with Crippen LogP contribution in [-0.4, -0.2) is 24.6 Å². The molecule has 1 atom stereocenters. The predicted molar refractivity (Wildman–Crippen MR) is 150 cm³/mol. The fourth-order valence-corrected chi connectivity index (χ4v) is 6.56. The Morgan fingerprint density at radius 1 is 0.917 bits per heavy atom. The Bertz CT molecular complexity index is 1570. The van der Waals surface area contributed by atoms with E-state index in [1.807, 2.05) is 63.2 Å². The molecule has 36 heavy (non-hydrogen) atoms. The third-order valence-electron chi connectivity index (χ3n) is 7.07. The minimum atomic E-state index is -1.39. The maximum absolute atomic E-state index is 13.6. The van der Waals surface area contributed by atoms with Crippen molar-refractivity contribution in [3.63, 3.8) is 0 Å². The standard InChI is InChI=1S/C28H24Cl4N2O2/c1-6-34-15(3)21(17-9-7-8-10-19(17)34)28(18-12-11-16(33(4)5)13-14(18)2)22-20(27(35)36-28)23(29)25(31)26(32)24(22)30/h7-13H,6H2,1-5H3. The lowest BCUT2D eigenvalue weighted by atomic mass is 9.76. The van der Waals surface area contributed by atoms with E-state index in [0.29, 0.717) is 5.56 Å². The van der Waals surface area contributed by atoms with Gasteiger partial charge in [-0.2, -0.15) is 0 Å². The first-order valence-corrected chi connectivity index (χ1v) is 13.0. The number of carbonyl (C=O) groups is 1. The molecule has 0 radical (unpaired) electrons. The van der Waals surface area contributed by atoms with E-state index in [9.17, 15) is 4.79 Å². The van der Waals surface area contributed by atoms with Crippen molar-refractivity contribution < 1.29 is 9.53 Å². The largest absolute Gasteiger partial charge is 0.440 e. The van der Waals surface area contributed by atoms with E-state index in [0.717, 1.165) is 45.5 Å². The number of nitrogens with zero attached hydrogens (tertiary/aromatic N) is 2.